The van der Waals surface area contributed by atoms with Crippen LogP contribution >= 0.6 is 0 Å². The molecule has 0 aliphatic heterocycles. The maximum absolute atomic E-state index is 11.9. The van der Waals surface area contributed by atoms with E-state index in [2.05, 4.69) is 47.2 Å². The molecule has 1 atom stereocenters. The molecule has 1 fully saturated rings. The lowest BCUT2D eigenvalue weighted by Gasteiger charge is -2.37. The van der Waals surface area contributed by atoms with E-state index in [0.717, 1.165) is 54.5 Å². The van der Waals surface area contributed by atoms with Crippen molar-refractivity contribution >= 4 is 5.69 Å². The minimum Gasteiger partial charge on any atom is -0.381 e. The topological polar surface area (TPSA) is 67.2 Å². The Labute approximate surface area is 205 Å². The third-order valence-electron chi connectivity index (χ3n) is 7.24. The summed E-state index contributed by atoms with van der Waals surface area (Å²) in [6.07, 6.45) is 5.92. The van der Waals surface area contributed by atoms with Gasteiger partial charge in [0.25, 0.3) is 5.69 Å². The summed E-state index contributed by atoms with van der Waals surface area (Å²) in [5, 5.41) is 23.3. The first kappa shape index (κ1) is 22.9. The van der Waals surface area contributed by atoms with Gasteiger partial charge in [-0.3, -0.25) is 10.1 Å². The summed E-state index contributed by atoms with van der Waals surface area (Å²) in [4.78, 5) is 11.0. The van der Waals surface area contributed by atoms with Crippen molar-refractivity contribution in [1.29, 1.82) is 0 Å². The lowest BCUT2D eigenvalue weighted by Crippen LogP contribution is -2.61. The molecule has 5 rings (SSSR count). The average Bonchev–Trinajstić information content (AvgIpc) is 2.93. The molecule has 1 heterocycles. The predicted octanol–water partition coefficient (Wildman–Crippen LogP) is 6.61. The fraction of sp³-hybridized carbons (Fsp3) is 0.233. The van der Waals surface area contributed by atoms with Crippen LogP contribution in [0.2, 0.25) is 0 Å². The molecule has 35 heavy (non-hydrogen) atoms. The van der Waals surface area contributed by atoms with Gasteiger partial charge in [0.15, 0.2) is 11.7 Å². The minimum atomic E-state index is -0.877. The van der Waals surface area contributed by atoms with E-state index in [0.29, 0.717) is 5.56 Å². The van der Waals surface area contributed by atoms with Crippen LogP contribution in [0.4, 0.5) is 5.69 Å². The zero-order valence-corrected chi connectivity index (χ0v) is 19.6. The summed E-state index contributed by atoms with van der Waals surface area (Å²) >= 11 is 0. The molecule has 176 valence electrons. The second kappa shape index (κ2) is 9.80. The van der Waals surface area contributed by atoms with Crippen molar-refractivity contribution < 1.29 is 14.6 Å². The highest BCUT2D eigenvalue weighted by molar-refractivity contribution is 5.68. The standard InChI is InChI=1S/C30H29N2O3/c33-29(26-15-10-16-27(21-26)32(34)35)30(18-8-3-9-19-30)31-20-17-25(23-11-4-1-5-12-23)22-28(31)24-13-6-2-7-14-24/h1-2,4-7,10-17,20-22,29,33H,3,8-9,18-19H2/q+1. The van der Waals surface area contributed by atoms with E-state index in [1.54, 1.807) is 12.1 Å². The zero-order chi connectivity index (χ0) is 24.3. The highest BCUT2D eigenvalue weighted by Gasteiger charge is 2.50. The van der Waals surface area contributed by atoms with Crippen LogP contribution in [0, 0.1) is 10.1 Å². The van der Waals surface area contributed by atoms with Gasteiger partial charge in [-0.05, 0) is 41.7 Å². The second-order valence-corrected chi connectivity index (χ2v) is 9.32. The number of aromatic nitrogens is 1. The quantitative estimate of drug-likeness (QED) is 0.198. The predicted molar refractivity (Wildman–Crippen MR) is 137 cm³/mol. The molecular weight excluding hydrogens is 436 g/mol. The van der Waals surface area contributed by atoms with Gasteiger partial charge < -0.3 is 5.11 Å². The number of nitro groups is 1. The molecule has 0 saturated heterocycles. The Hall–Kier alpha value is -3.83. The second-order valence-electron chi connectivity index (χ2n) is 9.32. The zero-order valence-electron chi connectivity index (χ0n) is 19.6. The van der Waals surface area contributed by atoms with Crippen LogP contribution in [0.15, 0.2) is 103 Å². The van der Waals surface area contributed by atoms with E-state index in [-0.39, 0.29) is 5.69 Å². The van der Waals surface area contributed by atoms with E-state index in [1.165, 1.54) is 12.1 Å². The van der Waals surface area contributed by atoms with E-state index >= 15 is 0 Å². The van der Waals surface area contributed by atoms with Crippen molar-refractivity contribution in [3.8, 4) is 22.4 Å². The summed E-state index contributed by atoms with van der Waals surface area (Å²) in [5.74, 6) is 0. The van der Waals surface area contributed by atoms with Crippen LogP contribution in [0.5, 0.6) is 0 Å². The van der Waals surface area contributed by atoms with Crippen molar-refractivity contribution in [2.75, 3.05) is 0 Å². The average molecular weight is 466 g/mol. The van der Waals surface area contributed by atoms with Gasteiger partial charge in [-0.25, -0.2) is 0 Å². The number of hydrogen-bond donors (Lipinski definition) is 1. The van der Waals surface area contributed by atoms with Gasteiger partial charge in [-0.1, -0.05) is 67.1 Å². The fourth-order valence-electron chi connectivity index (χ4n) is 5.46. The maximum atomic E-state index is 11.9. The third-order valence-corrected chi connectivity index (χ3v) is 7.24. The Bertz CT molecular complexity index is 1320. The Morgan fingerprint density at radius 1 is 0.771 bits per heavy atom. The Morgan fingerprint density at radius 2 is 1.43 bits per heavy atom. The number of aliphatic hydroxyl groups is 1. The molecule has 5 nitrogen and oxygen atoms in total. The molecule has 0 bridgehead atoms. The van der Waals surface area contributed by atoms with Crippen molar-refractivity contribution in [2.24, 2.45) is 0 Å². The fourth-order valence-corrected chi connectivity index (χ4v) is 5.46. The molecule has 0 spiro atoms. The number of pyridine rings is 1. The Balaban J connectivity index is 1.69. The highest BCUT2D eigenvalue weighted by Crippen LogP contribution is 2.43. The molecule has 1 aliphatic rings. The summed E-state index contributed by atoms with van der Waals surface area (Å²) in [6.45, 7) is 0. The molecule has 4 aromatic rings. The summed E-state index contributed by atoms with van der Waals surface area (Å²) in [7, 11) is 0. The number of aliphatic hydroxyl groups excluding tert-OH is 1. The van der Waals surface area contributed by atoms with Gasteiger partial charge in [0, 0.05) is 42.7 Å². The number of nitro benzene ring substituents is 1. The SMILES string of the molecule is O=[N+]([O-])c1cccc(C(O)C2([n+]3ccc(-c4ccccc4)cc3-c3ccccc3)CCCCC2)c1. The Morgan fingerprint density at radius 3 is 2.09 bits per heavy atom. The summed E-state index contributed by atoms with van der Waals surface area (Å²) in [5.41, 5.74) is 4.32. The lowest BCUT2D eigenvalue weighted by molar-refractivity contribution is -0.769. The van der Waals surface area contributed by atoms with E-state index in [1.807, 2.05) is 36.4 Å². The first-order valence-corrected chi connectivity index (χ1v) is 12.2. The maximum Gasteiger partial charge on any atom is 0.269 e. The van der Waals surface area contributed by atoms with Gasteiger partial charge in [0.1, 0.15) is 6.10 Å². The van der Waals surface area contributed by atoms with Crippen LogP contribution in [-0.2, 0) is 5.54 Å². The molecule has 1 unspecified atom stereocenters. The number of hydrogen-bond acceptors (Lipinski definition) is 3. The molecular formula is C30H29N2O3+. The van der Waals surface area contributed by atoms with Gasteiger partial charge in [-0.2, -0.15) is 4.57 Å². The normalized spacial score (nSPS) is 15.9. The van der Waals surface area contributed by atoms with Crippen LogP contribution < -0.4 is 4.57 Å². The van der Waals surface area contributed by atoms with E-state index < -0.39 is 16.6 Å². The molecule has 0 amide bonds. The molecule has 5 heteroatoms. The lowest BCUT2D eigenvalue weighted by atomic mass is 9.74. The van der Waals surface area contributed by atoms with Crippen molar-refractivity contribution in [1.82, 2.24) is 0 Å². The van der Waals surface area contributed by atoms with Crippen LogP contribution in [0.1, 0.15) is 43.8 Å². The summed E-state index contributed by atoms with van der Waals surface area (Å²) in [6, 6.07) is 31.3. The Kier molecular flexibility index (Phi) is 6.43. The van der Waals surface area contributed by atoms with Gasteiger partial charge in [0.05, 0.1) is 4.92 Å². The van der Waals surface area contributed by atoms with Crippen LogP contribution in [-0.4, -0.2) is 10.0 Å². The molecule has 1 saturated carbocycles. The molecule has 0 radical (unpaired) electrons. The van der Waals surface area contributed by atoms with Gasteiger partial charge in [0.2, 0.25) is 5.69 Å². The van der Waals surface area contributed by atoms with Crippen molar-refractivity contribution in [3.05, 3.63) is 119 Å². The number of benzene rings is 3. The van der Waals surface area contributed by atoms with Crippen molar-refractivity contribution in [2.45, 2.75) is 43.7 Å². The molecule has 1 aromatic heterocycles. The van der Waals surface area contributed by atoms with E-state index in [9.17, 15) is 15.2 Å². The number of non-ortho nitro benzene ring substituents is 1. The van der Waals surface area contributed by atoms with E-state index in [4.69, 9.17) is 0 Å². The molecule has 3 aromatic carbocycles. The molecule has 1 aliphatic carbocycles. The van der Waals surface area contributed by atoms with Gasteiger partial charge in [-0.15, -0.1) is 0 Å². The smallest absolute Gasteiger partial charge is 0.269 e. The van der Waals surface area contributed by atoms with Crippen molar-refractivity contribution in [3.63, 3.8) is 0 Å². The molecule has 1 N–H and O–H groups in total. The van der Waals surface area contributed by atoms with Crippen LogP contribution in [0.3, 0.4) is 0 Å². The minimum absolute atomic E-state index is 0.000202. The third kappa shape index (κ3) is 4.47. The van der Waals surface area contributed by atoms with Crippen LogP contribution in [0.25, 0.3) is 22.4 Å². The summed E-state index contributed by atoms with van der Waals surface area (Å²) < 4.78 is 2.23. The number of nitrogens with zero attached hydrogens (tertiary/aromatic N) is 2. The first-order valence-electron chi connectivity index (χ1n) is 12.2. The van der Waals surface area contributed by atoms with Gasteiger partial charge >= 0.3 is 0 Å². The monoisotopic (exact) mass is 465 g/mol. The first-order chi connectivity index (χ1) is 17.1. The highest BCUT2D eigenvalue weighted by atomic mass is 16.6. The number of rotatable bonds is 6. The largest absolute Gasteiger partial charge is 0.381 e.